The van der Waals surface area contributed by atoms with E-state index in [1.807, 2.05) is 60.8 Å². The van der Waals surface area contributed by atoms with Crippen LogP contribution < -0.4 is 0 Å². The molecular weight excluding hydrogens is 769 g/mol. The van der Waals surface area contributed by atoms with Crippen LogP contribution in [0.5, 0.6) is 0 Å². The number of esters is 3. The zero-order chi connectivity index (χ0) is 45.1. The molecule has 0 spiro atoms. The van der Waals surface area contributed by atoms with Crippen LogP contribution in [0.2, 0.25) is 0 Å². The molecule has 0 radical (unpaired) electrons. The van der Waals surface area contributed by atoms with Crippen LogP contribution in [0.3, 0.4) is 0 Å². The maximum atomic E-state index is 12.7. The molecule has 0 amide bonds. The van der Waals surface area contributed by atoms with Gasteiger partial charge in [-0.05, 0) is 96.3 Å². The Kier molecular flexibility index (Phi) is 45.2. The Bertz CT molecular complexity index is 1440. The molecule has 0 saturated carbocycles. The molecule has 0 rings (SSSR count). The number of hydrogen-bond acceptors (Lipinski definition) is 6. The summed E-state index contributed by atoms with van der Waals surface area (Å²) >= 11 is 0. The SMILES string of the molecule is CC\C=C/C=C\C=C/C=C\C=C\C=C/CCCCCC(=O)OCC(COC(=O)CCCCCC/C=C\CCCC)OC(=O)CCC/C=C\C/C=C\C/C=C\C/C=C\C/C=C\CC. The Morgan fingerprint density at radius 1 is 0.355 bits per heavy atom. The van der Waals surface area contributed by atoms with Gasteiger partial charge in [0, 0.05) is 19.3 Å². The molecule has 6 nitrogen and oxygen atoms in total. The molecule has 0 aliphatic heterocycles. The van der Waals surface area contributed by atoms with E-state index in [0.717, 1.165) is 103 Å². The first-order valence-corrected chi connectivity index (χ1v) is 23.9. The number of allylic oxidation sites excluding steroid dienone is 24. The Morgan fingerprint density at radius 3 is 1.24 bits per heavy atom. The third kappa shape index (κ3) is 46.4. The minimum Gasteiger partial charge on any atom is -0.462 e. The highest BCUT2D eigenvalue weighted by molar-refractivity contribution is 5.71. The summed E-state index contributed by atoms with van der Waals surface area (Å²) in [5, 5.41) is 0. The molecule has 0 heterocycles. The first-order valence-electron chi connectivity index (χ1n) is 23.9. The predicted octanol–water partition coefficient (Wildman–Crippen LogP) is 15.7. The average Bonchev–Trinajstić information content (AvgIpc) is 3.27. The van der Waals surface area contributed by atoms with Crippen LogP contribution in [-0.4, -0.2) is 37.2 Å². The van der Waals surface area contributed by atoms with E-state index in [4.69, 9.17) is 14.2 Å². The fourth-order valence-electron chi connectivity index (χ4n) is 5.66. The Hall–Kier alpha value is -4.71. The van der Waals surface area contributed by atoms with Gasteiger partial charge in [0.1, 0.15) is 13.2 Å². The van der Waals surface area contributed by atoms with E-state index in [-0.39, 0.29) is 38.0 Å². The number of carbonyl (C=O) groups is 3. The molecule has 0 saturated heterocycles. The number of unbranched alkanes of at least 4 members (excludes halogenated alkanes) is 10. The van der Waals surface area contributed by atoms with Crippen molar-refractivity contribution in [2.24, 2.45) is 0 Å². The van der Waals surface area contributed by atoms with Crippen LogP contribution in [0.1, 0.15) is 168 Å². The molecule has 0 aromatic heterocycles. The van der Waals surface area contributed by atoms with Crippen molar-refractivity contribution in [2.75, 3.05) is 13.2 Å². The molecular formula is C56H84O6. The summed E-state index contributed by atoms with van der Waals surface area (Å²) in [6, 6.07) is 0. The summed E-state index contributed by atoms with van der Waals surface area (Å²) in [7, 11) is 0. The normalized spacial score (nSPS) is 13.4. The minimum absolute atomic E-state index is 0.128. The zero-order valence-electron chi connectivity index (χ0n) is 39.1. The van der Waals surface area contributed by atoms with Crippen LogP contribution in [0.4, 0.5) is 0 Å². The molecule has 0 fully saturated rings. The quantitative estimate of drug-likeness (QED) is 0.0201. The van der Waals surface area contributed by atoms with E-state index in [2.05, 4.69) is 106 Å². The minimum atomic E-state index is -0.836. The second kappa shape index (κ2) is 49.0. The first-order chi connectivity index (χ1) is 30.5. The molecule has 0 bridgehead atoms. The Labute approximate surface area is 378 Å². The molecule has 6 heteroatoms. The topological polar surface area (TPSA) is 78.9 Å². The standard InChI is InChI=1S/C56H84O6/c1-4-7-10-13-16-19-22-24-26-28-30-32-34-37-40-43-46-49-55(58)61-52-53(51-60-54(57)48-45-42-39-36-21-18-15-12-9-6-3)62-56(59)50-47-44-41-38-35-33-31-29-27-25-23-20-17-14-11-8-5-2/h7-8,10-11,13,15-20,22,24-28,30-34,38,41,53H,4-6,9,12,14,21,23,29,35-37,39-40,42-52H2,1-3H3/b10-7-,11-8-,16-13-,18-15-,20-17-,22-19-,26-24-,27-25-,30-28+,33-31-,34-32-,41-38-. The van der Waals surface area contributed by atoms with Gasteiger partial charge in [0.05, 0.1) is 0 Å². The van der Waals surface area contributed by atoms with Crippen LogP contribution in [0.25, 0.3) is 0 Å². The fraction of sp³-hybridized carbons (Fsp3) is 0.518. The second-order valence-electron chi connectivity index (χ2n) is 15.0. The number of rotatable bonds is 40. The molecule has 344 valence electrons. The van der Waals surface area contributed by atoms with Gasteiger partial charge >= 0.3 is 17.9 Å². The second-order valence-corrected chi connectivity index (χ2v) is 15.0. The van der Waals surface area contributed by atoms with Crippen molar-refractivity contribution >= 4 is 17.9 Å². The lowest BCUT2D eigenvalue weighted by Crippen LogP contribution is -2.30. The number of hydrogen-bond donors (Lipinski definition) is 0. The van der Waals surface area contributed by atoms with Gasteiger partial charge < -0.3 is 14.2 Å². The van der Waals surface area contributed by atoms with Gasteiger partial charge in [-0.25, -0.2) is 0 Å². The van der Waals surface area contributed by atoms with Crippen molar-refractivity contribution in [2.45, 2.75) is 175 Å². The third-order valence-electron chi connectivity index (χ3n) is 9.22. The summed E-state index contributed by atoms with van der Waals surface area (Å²) < 4.78 is 16.6. The number of carbonyl (C=O) groups excluding carboxylic acids is 3. The van der Waals surface area contributed by atoms with Crippen LogP contribution in [0, 0.1) is 0 Å². The van der Waals surface area contributed by atoms with Crippen molar-refractivity contribution in [3.05, 3.63) is 146 Å². The molecule has 0 aliphatic rings. The lowest BCUT2D eigenvalue weighted by atomic mass is 10.1. The summed E-state index contributed by atoms with van der Waals surface area (Å²) in [6.45, 7) is 6.20. The van der Waals surface area contributed by atoms with Gasteiger partial charge in [-0.15, -0.1) is 0 Å². The summed E-state index contributed by atoms with van der Waals surface area (Å²) in [5.74, 6) is -1.06. The van der Waals surface area contributed by atoms with Crippen molar-refractivity contribution in [3.8, 4) is 0 Å². The molecule has 0 aromatic carbocycles. The highest BCUT2D eigenvalue weighted by Crippen LogP contribution is 2.11. The van der Waals surface area contributed by atoms with E-state index in [9.17, 15) is 14.4 Å². The van der Waals surface area contributed by atoms with E-state index in [0.29, 0.717) is 19.3 Å². The van der Waals surface area contributed by atoms with Crippen molar-refractivity contribution in [1.29, 1.82) is 0 Å². The first kappa shape index (κ1) is 57.3. The lowest BCUT2D eigenvalue weighted by molar-refractivity contribution is -0.167. The Morgan fingerprint density at radius 2 is 0.726 bits per heavy atom. The predicted molar refractivity (Wildman–Crippen MR) is 265 cm³/mol. The summed E-state index contributed by atoms with van der Waals surface area (Å²) in [6.07, 6.45) is 69.8. The zero-order valence-corrected chi connectivity index (χ0v) is 39.1. The van der Waals surface area contributed by atoms with Gasteiger partial charge in [-0.2, -0.15) is 0 Å². The molecule has 1 unspecified atom stereocenters. The average molecular weight is 853 g/mol. The van der Waals surface area contributed by atoms with Gasteiger partial charge in [-0.3, -0.25) is 14.4 Å². The maximum Gasteiger partial charge on any atom is 0.306 e. The van der Waals surface area contributed by atoms with E-state index < -0.39 is 12.1 Å². The highest BCUT2D eigenvalue weighted by atomic mass is 16.6. The van der Waals surface area contributed by atoms with Gasteiger partial charge in [-0.1, -0.05) is 199 Å². The number of ether oxygens (including phenoxy) is 3. The molecule has 1 atom stereocenters. The summed E-state index contributed by atoms with van der Waals surface area (Å²) in [5.41, 5.74) is 0. The van der Waals surface area contributed by atoms with Crippen molar-refractivity contribution in [1.82, 2.24) is 0 Å². The van der Waals surface area contributed by atoms with Gasteiger partial charge in [0.2, 0.25) is 0 Å². The molecule has 0 aromatic rings. The van der Waals surface area contributed by atoms with E-state index >= 15 is 0 Å². The largest absolute Gasteiger partial charge is 0.462 e. The van der Waals surface area contributed by atoms with Crippen LogP contribution in [-0.2, 0) is 28.6 Å². The third-order valence-corrected chi connectivity index (χ3v) is 9.22. The van der Waals surface area contributed by atoms with Crippen LogP contribution >= 0.6 is 0 Å². The van der Waals surface area contributed by atoms with Gasteiger partial charge in [0.15, 0.2) is 6.10 Å². The lowest BCUT2D eigenvalue weighted by Gasteiger charge is -2.18. The smallest absolute Gasteiger partial charge is 0.306 e. The molecule has 0 N–H and O–H groups in total. The van der Waals surface area contributed by atoms with E-state index in [1.165, 1.54) is 12.8 Å². The maximum absolute atomic E-state index is 12.7. The highest BCUT2D eigenvalue weighted by Gasteiger charge is 2.19. The monoisotopic (exact) mass is 853 g/mol. The molecule has 62 heavy (non-hydrogen) atoms. The molecule has 0 aliphatic carbocycles. The van der Waals surface area contributed by atoms with Gasteiger partial charge in [0.25, 0.3) is 0 Å². The van der Waals surface area contributed by atoms with Crippen LogP contribution in [0.15, 0.2) is 146 Å². The van der Waals surface area contributed by atoms with Crippen molar-refractivity contribution in [3.63, 3.8) is 0 Å². The summed E-state index contributed by atoms with van der Waals surface area (Å²) in [4.78, 5) is 37.8. The fourth-order valence-corrected chi connectivity index (χ4v) is 5.66. The van der Waals surface area contributed by atoms with Crippen molar-refractivity contribution < 1.29 is 28.6 Å². The van der Waals surface area contributed by atoms with E-state index in [1.54, 1.807) is 0 Å². The Balaban J connectivity index is 4.61.